The Labute approximate surface area is 206 Å². The van der Waals surface area contributed by atoms with Gasteiger partial charge in [0.15, 0.2) is 12.4 Å². The predicted octanol–water partition coefficient (Wildman–Crippen LogP) is -2.15. The Balaban J connectivity index is 2.67. The number of ether oxygens (including phenoxy) is 2. The molecular formula is C23H45NO11. The fourth-order valence-corrected chi connectivity index (χ4v) is 3.98. The van der Waals surface area contributed by atoms with Gasteiger partial charge in [0.1, 0.15) is 42.7 Å². The highest BCUT2D eigenvalue weighted by Gasteiger charge is 2.47. The minimum Gasteiger partial charge on any atom is -0.394 e. The van der Waals surface area contributed by atoms with Crippen LogP contribution in [-0.4, -0.2) is 134 Å². The number of aliphatic hydroxyl groups is 8. The van der Waals surface area contributed by atoms with Crippen LogP contribution in [0.15, 0.2) is 0 Å². The summed E-state index contributed by atoms with van der Waals surface area (Å²) in [6, 6.07) is 0. The average Bonchev–Trinajstić information content (AvgIpc) is 2.86. The van der Waals surface area contributed by atoms with Gasteiger partial charge in [-0.3, -0.25) is 4.79 Å². The van der Waals surface area contributed by atoms with E-state index >= 15 is 0 Å². The lowest BCUT2D eigenvalue weighted by Gasteiger charge is -2.42. The molecule has 0 saturated carbocycles. The second kappa shape index (κ2) is 16.7. The van der Waals surface area contributed by atoms with Crippen LogP contribution >= 0.6 is 0 Å². The number of amides is 1. The maximum atomic E-state index is 12.6. The van der Waals surface area contributed by atoms with Crippen molar-refractivity contribution in [2.45, 2.75) is 113 Å². The van der Waals surface area contributed by atoms with Crippen LogP contribution in [0, 0.1) is 0 Å². The molecule has 0 aromatic carbocycles. The standard InChI is InChI=1S/C23H45NO11/c1-3-4-5-6-7-8-9-10-11-24(2)22(33)19(31)18(30)21(14(27)12-25)35-23-20(32)17(29)16(28)15(13-26)34-23/h14-21,23,25-32H,3-13H2,1-2H3/t14-,15-,16+,17+,18-,19-,20-,21-,23+/m1/s1. The van der Waals surface area contributed by atoms with E-state index in [0.29, 0.717) is 13.0 Å². The summed E-state index contributed by atoms with van der Waals surface area (Å²) >= 11 is 0. The topological polar surface area (TPSA) is 201 Å². The summed E-state index contributed by atoms with van der Waals surface area (Å²) in [7, 11) is 1.47. The highest BCUT2D eigenvalue weighted by molar-refractivity contribution is 5.81. The lowest BCUT2D eigenvalue weighted by molar-refractivity contribution is -0.326. The van der Waals surface area contributed by atoms with Crippen molar-refractivity contribution in [1.82, 2.24) is 4.90 Å². The van der Waals surface area contributed by atoms with E-state index in [1.807, 2.05) is 0 Å². The molecule has 1 aliphatic rings. The Bertz CT molecular complexity index is 582. The van der Waals surface area contributed by atoms with Gasteiger partial charge in [0.2, 0.25) is 0 Å². The highest BCUT2D eigenvalue weighted by atomic mass is 16.7. The van der Waals surface area contributed by atoms with Gasteiger partial charge in [0.05, 0.1) is 13.2 Å². The molecule has 0 aromatic rings. The summed E-state index contributed by atoms with van der Waals surface area (Å²) in [6.07, 6.45) is -7.41. The minimum atomic E-state index is -2.03. The van der Waals surface area contributed by atoms with Crippen molar-refractivity contribution in [2.75, 3.05) is 26.8 Å². The second-order valence-electron chi connectivity index (χ2n) is 9.22. The summed E-state index contributed by atoms with van der Waals surface area (Å²) in [5.41, 5.74) is 0. The van der Waals surface area contributed by atoms with Gasteiger partial charge in [-0.15, -0.1) is 0 Å². The molecule has 0 spiro atoms. The Morgan fingerprint density at radius 1 is 0.914 bits per heavy atom. The molecule has 1 saturated heterocycles. The molecule has 0 bridgehead atoms. The molecular weight excluding hydrogens is 466 g/mol. The van der Waals surface area contributed by atoms with Gasteiger partial charge >= 0.3 is 0 Å². The maximum Gasteiger partial charge on any atom is 0.253 e. The molecule has 8 N–H and O–H groups in total. The lowest BCUT2D eigenvalue weighted by Crippen LogP contribution is -2.62. The van der Waals surface area contributed by atoms with Gasteiger partial charge in [-0.1, -0.05) is 51.9 Å². The quantitative estimate of drug-likeness (QED) is 0.0989. The third-order valence-electron chi connectivity index (χ3n) is 6.34. The Kier molecular flexibility index (Phi) is 15.4. The average molecular weight is 512 g/mol. The molecule has 12 heteroatoms. The third kappa shape index (κ3) is 9.80. The van der Waals surface area contributed by atoms with E-state index in [9.17, 15) is 45.6 Å². The van der Waals surface area contributed by atoms with Crippen molar-refractivity contribution in [3.63, 3.8) is 0 Å². The van der Waals surface area contributed by atoms with Crippen molar-refractivity contribution >= 4 is 5.91 Å². The summed E-state index contributed by atoms with van der Waals surface area (Å²) in [4.78, 5) is 13.9. The lowest BCUT2D eigenvalue weighted by atomic mass is 9.98. The van der Waals surface area contributed by atoms with E-state index in [4.69, 9.17) is 9.47 Å². The molecule has 0 aromatic heterocycles. The number of unbranched alkanes of at least 4 members (excludes halogenated alkanes) is 7. The molecule has 1 aliphatic heterocycles. The number of hydrogen-bond donors (Lipinski definition) is 8. The van der Waals surface area contributed by atoms with E-state index in [1.165, 1.54) is 37.6 Å². The van der Waals surface area contributed by atoms with E-state index < -0.39 is 74.2 Å². The normalized spacial score (nSPS) is 28.3. The number of rotatable bonds is 17. The Hall–Kier alpha value is -0.930. The number of likely N-dealkylation sites (N-methyl/N-ethyl adjacent to an activating group) is 1. The molecule has 1 fully saturated rings. The Morgan fingerprint density at radius 3 is 2.03 bits per heavy atom. The first-order valence-electron chi connectivity index (χ1n) is 12.5. The van der Waals surface area contributed by atoms with Gasteiger partial charge in [-0.05, 0) is 6.42 Å². The third-order valence-corrected chi connectivity index (χ3v) is 6.34. The zero-order chi connectivity index (χ0) is 26.5. The molecule has 1 amide bonds. The smallest absolute Gasteiger partial charge is 0.253 e. The van der Waals surface area contributed by atoms with Crippen molar-refractivity contribution in [3.05, 3.63) is 0 Å². The first kappa shape index (κ1) is 32.1. The van der Waals surface area contributed by atoms with Crippen LogP contribution in [0.25, 0.3) is 0 Å². The molecule has 9 atom stereocenters. The van der Waals surface area contributed by atoms with E-state index in [2.05, 4.69) is 6.92 Å². The van der Waals surface area contributed by atoms with Gasteiger partial charge in [0.25, 0.3) is 5.91 Å². The van der Waals surface area contributed by atoms with E-state index in [1.54, 1.807) is 0 Å². The van der Waals surface area contributed by atoms with Crippen LogP contribution in [0.4, 0.5) is 0 Å². The van der Waals surface area contributed by atoms with Crippen LogP contribution in [-0.2, 0) is 14.3 Å². The number of carbonyl (C=O) groups excluding carboxylic acids is 1. The molecule has 1 heterocycles. The molecule has 1 rings (SSSR count). The first-order chi connectivity index (χ1) is 16.6. The van der Waals surface area contributed by atoms with Gasteiger partial charge < -0.3 is 55.2 Å². The number of carbonyl (C=O) groups is 1. The summed E-state index contributed by atoms with van der Waals surface area (Å²) in [5.74, 6) is -0.826. The van der Waals surface area contributed by atoms with Crippen LogP contribution in [0.5, 0.6) is 0 Å². The van der Waals surface area contributed by atoms with Gasteiger partial charge in [0, 0.05) is 13.6 Å². The summed E-state index contributed by atoms with van der Waals surface area (Å²) in [6.45, 7) is 0.851. The van der Waals surface area contributed by atoms with Crippen LogP contribution in [0.2, 0.25) is 0 Å². The molecule has 0 unspecified atom stereocenters. The Morgan fingerprint density at radius 2 is 1.49 bits per heavy atom. The first-order valence-corrected chi connectivity index (χ1v) is 12.5. The molecule has 12 nitrogen and oxygen atoms in total. The molecule has 35 heavy (non-hydrogen) atoms. The SMILES string of the molecule is CCCCCCCCCCN(C)C(=O)[C@H](O)[C@@H](O)[C@H](O[C@@H]1O[C@H](CO)[C@H](O)[C@H](O)[C@H]1O)[C@H](O)CO. The van der Waals surface area contributed by atoms with Crippen molar-refractivity contribution in [3.8, 4) is 0 Å². The number of nitrogens with zero attached hydrogens (tertiary/aromatic N) is 1. The summed E-state index contributed by atoms with van der Waals surface area (Å²) < 4.78 is 10.5. The molecule has 0 radical (unpaired) electrons. The van der Waals surface area contributed by atoms with Crippen molar-refractivity contribution in [1.29, 1.82) is 0 Å². The largest absolute Gasteiger partial charge is 0.394 e. The van der Waals surface area contributed by atoms with E-state index in [-0.39, 0.29) is 0 Å². The van der Waals surface area contributed by atoms with Crippen LogP contribution in [0.3, 0.4) is 0 Å². The number of aliphatic hydroxyl groups excluding tert-OH is 8. The van der Waals surface area contributed by atoms with Gasteiger partial charge in [-0.25, -0.2) is 0 Å². The van der Waals surface area contributed by atoms with Gasteiger partial charge in [-0.2, -0.15) is 0 Å². The van der Waals surface area contributed by atoms with Crippen molar-refractivity contribution < 1.29 is 55.1 Å². The zero-order valence-corrected chi connectivity index (χ0v) is 20.7. The molecule has 0 aliphatic carbocycles. The predicted molar refractivity (Wildman–Crippen MR) is 124 cm³/mol. The monoisotopic (exact) mass is 511 g/mol. The van der Waals surface area contributed by atoms with Crippen molar-refractivity contribution in [2.24, 2.45) is 0 Å². The maximum absolute atomic E-state index is 12.6. The minimum absolute atomic E-state index is 0.346. The fraction of sp³-hybridized carbons (Fsp3) is 0.957. The van der Waals surface area contributed by atoms with Crippen LogP contribution < -0.4 is 0 Å². The van der Waals surface area contributed by atoms with E-state index in [0.717, 1.165) is 19.3 Å². The number of hydrogen-bond acceptors (Lipinski definition) is 11. The molecule has 208 valence electrons. The summed E-state index contributed by atoms with van der Waals surface area (Å²) in [5, 5.41) is 79.7. The second-order valence-corrected chi connectivity index (χ2v) is 9.22. The van der Waals surface area contributed by atoms with Crippen LogP contribution in [0.1, 0.15) is 58.3 Å². The fourth-order valence-electron chi connectivity index (χ4n) is 3.98. The zero-order valence-electron chi connectivity index (χ0n) is 20.7. The highest BCUT2D eigenvalue weighted by Crippen LogP contribution is 2.25.